The first-order valence-electron chi connectivity index (χ1n) is 7.55. The molecular formula is C18H21NOS. The molecule has 1 aromatic carbocycles. The summed E-state index contributed by atoms with van der Waals surface area (Å²) in [5.74, 6) is 1.04. The van der Waals surface area contributed by atoms with Gasteiger partial charge in [-0.3, -0.25) is 0 Å². The lowest BCUT2D eigenvalue weighted by Gasteiger charge is -2.24. The number of hydrogen-bond donors (Lipinski definition) is 0. The number of aromatic nitrogens is 1. The smallest absolute Gasteiger partial charge is 0.122 e. The Morgan fingerprint density at radius 3 is 2.95 bits per heavy atom. The number of ether oxygens (including phenoxy) is 1. The van der Waals surface area contributed by atoms with Crippen LogP contribution in [-0.2, 0) is 6.42 Å². The van der Waals surface area contributed by atoms with E-state index in [1.54, 1.807) is 0 Å². The number of aryl methyl sites for hydroxylation is 1. The summed E-state index contributed by atoms with van der Waals surface area (Å²) >= 11 is 1.82. The van der Waals surface area contributed by atoms with Gasteiger partial charge in [0.1, 0.15) is 10.8 Å². The molecule has 2 aromatic rings. The maximum atomic E-state index is 5.90. The summed E-state index contributed by atoms with van der Waals surface area (Å²) in [6.45, 7) is 6.53. The molecule has 1 aromatic heterocycles. The Balaban J connectivity index is 1.98. The van der Waals surface area contributed by atoms with Gasteiger partial charge in [-0.25, -0.2) is 4.98 Å². The summed E-state index contributed by atoms with van der Waals surface area (Å²) in [5.41, 5.74) is 3.77. The number of fused-ring (bicyclic) bond motifs is 1. The second-order valence-corrected chi connectivity index (χ2v) is 7.38. The van der Waals surface area contributed by atoms with E-state index in [9.17, 15) is 0 Å². The lowest BCUT2D eigenvalue weighted by atomic mass is 9.98. The standard InChI is InChI=1S/C18H21NOS/c1-12(2)21-18-16(5-4-10-19-18)14-8-9-17-15(11-14)7-6-13(3)20-17/h4-5,8-13H,6-7H2,1-3H3. The van der Waals surface area contributed by atoms with Crippen molar-refractivity contribution in [2.45, 2.75) is 50.0 Å². The van der Waals surface area contributed by atoms with Crippen molar-refractivity contribution in [3.05, 3.63) is 42.1 Å². The van der Waals surface area contributed by atoms with Gasteiger partial charge in [0.05, 0.1) is 6.10 Å². The van der Waals surface area contributed by atoms with Crippen LogP contribution in [0.3, 0.4) is 0 Å². The fourth-order valence-electron chi connectivity index (χ4n) is 2.62. The number of rotatable bonds is 3. The molecule has 0 spiro atoms. The Morgan fingerprint density at radius 2 is 2.14 bits per heavy atom. The Bertz CT molecular complexity index is 639. The Hall–Kier alpha value is -1.48. The molecule has 21 heavy (non-hydrogen) atoms. The summed E-state index contributed by atoms with van der Waals surface area (Å²) in [6.07, 6.45) is 4.39. The van der Waals surface area contributed by atoms with Gasteiger partial charge in [-0.05, 0) is 49.1 Å². The van der Waals surface area contributed by atoms with Gasteiger partial charge in [-0.1, -0.05) is 26.0 Å². The molecule has 0 saturated carbocycles. The average molecular weight is 299 g/mol. The molecule has 1 aliphatic heterocycles. The fraction of sp³-hybridized carbons (Fsp3) is 0.389. The fourth-order valence-corrected chi connectivity index (χ4v) is 3.50. The van der Waals surface area contributed by atoms with Crippen molar-refractivity contribution in [1.29, 1.82) is 0 Å². The first kappa shape index (κ1) is 14.5. The molecule has 0 bridgehead atoms. The van der Waals surface area contributed by atoms with Crippen LogP contribution in [0.5, 0.6) is 5.75 Å². The van der Waals surface area contributed by atoms with Crippen LogP contribution >= 0.6 is 11.8 Å². The molecule has 3 heteroatoms. The Morgan fingerprint density at radius 1 is 1.29 bits per heavy atom. The van der Waals surface area contributed by atoms with Gasteiger partial charge >= 0.3 is 0 Å². The van der Waals surface area contributed by atoms with E-state index in [1.165, 1.54) is 16.7 Å². The minimum absolute atomic E-state index is 0.328. The monoisotopic (exact) mass is 299 g/mol. The third-order valence-electron chi connectivity index (χ3n) is 3.64. The maximum absolute atomic E-state index is 5.90. The van der Waals surface area contributed by atoms with Crippen LogP contribution in [0.2, 0.25) is 0 Å². The molecule has 0 saturated heterocycles. The van der Waals surface area contributed by atoms with Crippen molar-refractivity contribution in [3.8, 4) is 16.9 Å². The third-order valence-corrected chi connectivity index (χ3v) is 4.66. The normalized spacial score (nSPS) is 17.4. The van der Waals surface area contributed by atoms with Gasteiger partial charge in [0, 0.05) is 17.0 Å². The molecule has 1 unspecified atom stereocenters. The van der Waals surface area contributed by atoms with E-state index in [1.807, 2.05) is 24.0 Å². The van der Waals surface area contributed by atoms with Gasteiger partial charge in [0.15, 0.2) is 0 Å². The van der Waals surface area contributed by atoms with Crippen LogP contribution in [0.4, 0.5) is 0 Å². The summed E-state index contributed by atoms with van der Waals surface area (Å²) in [4.78, 5) is 4.55. The lowest BCUT2D eigenvalue weighted by molar-refractivity contribution is 0.192. The highest BCUT2D eigenvalue weighted by Gasteiger charge is 2.17. The molecular weight excluding hydrogens is 278 g/mol. The van der Waals surface area contributed by atoms with Crippen molar-refractivity contribution in [1.82, 2.24) is 4.98 Å². The minimum atomic E-state index is 0.328. The molecule has 2 nitrogen and oxygen atoms in total. The highest BCUT2D eigenvalue weighted by Crippen LogP contribution is 2.36. The topological polar surface area (TPSA) is 22.1 Å². The number of thioether (sulfide) groups is 1. The third kappa shape index (κ3) is 3.24. The van der Waals surface area contributed by atoms with Crippen molar-refractivity contribution in [2.24, 2.45) is 0 Å². The molecule has 0 aliphatic carbocycles. The summed E-state index contributed by atoms with van der Waals surface area (Å²) in [5, 5.41) is 1.64. The van der Waals surface area contributed by atoms with Crippen LogP contribution in [0.1, 0.15) is 32.8 Å². The van der Waals surface area contributed by atoms with Gasteiger partial charge < -0.3 is 4.74 Å². The van der Waals surface area contributed by atoms with E-state index in [0.29, 0.717) is 11.4 Å². The Kier molecular flexibility index (Phi) is 4.20. The highest BCUT2D eigenvalue weighted by molar-refractivity contribution is 7.99. The van der Waals surface area contributed by atoms with Crippen LogP contribution in [0.15, 0.2) is 41.6 Å². The first-order valence-corrected chi connectivity index (χ1v) is 8.43. The largest absolute Gasteiger partial charge is 0.490 e. The van der Waals surface area contributed by atoms with E-state index in [-0.39, 0.29) is 0 Å². The zero-order valence-corrected chi connectivity index (χ0v) is 13.6. The zero-order valence-electron chi connectivity index (χ0n) is 12.8. The number of benzene rings is 1. The second kappa shape index (κ2) is 6.10. The first-order chi connectivity index (χ1) is 10.1. The quantitative estimate of drug-likeness (QED) is 0.748. The molecule has 0 fully saturated rings. The van der Waals surface area contributed by atoms with Gasteiger partial charge in [-0.2, -0.15) is 0 Å². The average Bonchev–Trinajstić information content (AvgIpc) is 2.47. The van der Waals surface area contributed by atoms with E-state index < -0.39 is 0 Å². The maximum Gasteiger partial charge on any atom is 0.122 e. The number of pyridine rings is 1. The predicted molar refractivity (Wildman–Crippen MR) is 89.1 cm³/mol. The summed E-state index contributed by atoms with van der Waals surface area (Å²) in [7, 11) is 0. The predicted octanol–water partition coefficient (Wildman–Crippen LogP) is 4.96. The van der Waals surface area contributed by atoms with Crippen LogP contribution in [-0.4, -0.2) is 16.3 Å². The van der Waals surface area contributed by atoms with Gasteiger partial charge in [-0.15, -0.1) is 11.8 Å². The Labute approximate surface area is 130 Å². The van der Waals surface area contributed by atoms with Gasteiger partial charge in [0.2, 0.25) is 0 Å². The number of nitrogens with zero attached hydrogens (tertiary/aromatic N) is 1. The van der Waals surface area contributed by atoms with Gasteiger partial charge in [0.25, 0.3) is 0 Å². The second-order valence-electron chi connectivity index (χ2n) is 5.81. The molecule has 1 aliphatic rings. The van der Waals surface area contributed by atoms with Crippen LogP contribution in [0.25, 0.3) is 11.1 Å². The highest BCUT2D eigenvalue weighted by atomic mass is 32.2. The van der Waals surface area contributed by atoms with Crippen molar-refractivity contribution in [2.75, 3.05) is 0 Å². The van der Waals surface area contributed by atoms with Crippen LogP contribution in [0, 0.1) is 0 Å². The van der Waals surface area contributed by atoms with Crippen molar-refractivity contribution >= 4 is 11.8 Å². The molecule has 0 N–H and O–H groups in total. The SMILES string of the molecule is CC1CCc2cc(-c3cccnc3SC(C)C)ccc2O1. The minimum Gasteiger partial charge on any atom is -0.490 e. The van der Waals surface area contributed by atoms with Crippen molar-refractivity contribution < 1.29 is 4.74 Å². The van der Waals surface area contributed by atoms with Crippen LogP contribution < -0.4 is 4.74 Å². The summed E-state index contributed by atoms with van der Waals surface area (Å²) < 4.78 is 5.90. The summed E-state index contributed by atoms with van der Waals surface area (Å²) in [6, 6.07) is 10.7. The molecule has 3 rings (SSSR count). The molecule has 0 radical (unpaired) electrons. The van der Waals surface area contributed by atoms with E-state index >= 15 is 0 Å². The van der Waals surface area contributed by atoms with E-state index in [4.69, 9.17) is 4.74 Å². The van der Waals surface area contributed by atoms with E-state index in [2.05, 4.69) is 50.0 Å². The molecule has 2 heterocycles. The molecule has 110 valence electrons. The molecule has 1 atom stereocenters. The van der Waals surface area contributed by atoms with E-state index in [0.717, 1.165) is 23.6 Å². The number of hydrogen-bond acceptors (Lipinski definition) is 3. The van der Waals surface area contributed by atoms with Crippen molar-refractivity contribution in [3.63, 3.8) is 0 Å². The molecule has 0 amide bonds. The zero-order chi connectivity index (χ0) is 14.8. The lowest BCUT2D eigenvalue weighted by Crippen LogP contribution is -2.18.